The molecule has 116 valence electrons. The van der Waals surface area contributed by atoms with Crippen LogP contribution in [-0.2, 0) is 9.31 Å². The van der Waals surface area contributed by atoms with Gasteiger partial charge in [-0.15, -0.1) is 0 Å². The number of benzene rings is 1. The van der Waals surface area contributed by atoms with E-state index in [0.717, 1.165) is 0 Å². The minimum absolute atomic E-state index is 0.169. The molecule has 1 fully saturated rings. The predicted octanol–water partition coefficient (Wildman–Crippen LogP) is 2.53. The van der Waals surface area contributed by atoms with Crippen molar-refractivity contribution in [3.05, 3.63) is 17.9 Å². The van der Waals surface area contributed by atoms with Gasteiger partial charge in [-0.25, -0.2) is 4.39 Å². The zero-order valence-electron chi connectivity index (χ0n) is 13.5. The molecule has 0 radical (unpaired) electrons. The van der Waals surface area contributed by atoms with E-state index >= 15 is 0 Å². The molecule has 1 aromatic rings. The van der Waals surface area contributed by atoms with Crippen LogP contribution in [0.25, 0.3) is 0 Å². The molecule has 6 heteroatoms. The van der Waals surface area contributed by atoms with Crippen LogP contribution < -0.4 is 14.9 Å². The highest BCUT2D eigenvalue weighted by atomic mass is 19.1. The first-order valence-electron chi connectivity index (χ1n) is 7.08. The van der Waals surface area contributed by atoms with Gasteiger partial charge in [0.15, 0.2) is 11.6 Å². The van der Waals surface area contributed by atoms with Crippen LogP contribution in [0.5, 0.6) is 11.5 Å². The molecule has 1 saturated heterocycles. The number of rotatable bonds is 4. The molecule has 21 heavy (non-hydrogen) atoms. The third kappa shape index (κ3) is 2.74. The largest absolute Gasteiger partial charge is 0.501 e. The van der Waals surface area contributed by atoms with Crippen molar-refractivity contribution < 1.29 is 23.2 Å². The molecule has 4 nitrogen and oxygen atoms in total. The van der Waals surface area contributed by atoms with E-state index in [4.69, 9.17) is 18.8 Å². The van der Waals surface area contributed by atoms with Gasteiger partial charge < -0.3 is 18.8 Å². The molecule has 1 aliphatic rings. The van der Waals surface area contributed by atoms with Gasteiger partial charge in [-0.2, -0.15) is 0 Å². The Morgan fingerprint density at radius 1 is 1.10 bits per heavy atom. The maximum absolute atomic E-state index is 14.7. The van der Waals surface area contributed by atoms with Crippen LogP contribution in [0.2, 0.25) is 0 Å². The molecule has 2 rings (SSSR count). The Balaban J connectivity index is 2.46. The van der Waals surface area contributed by atoms with Crippen LogP contribution in [0.4, 0.5) is 4.39 Å². The first-order chi connectivity index (χ1) is 9.73. The summed E-state index contributed by atoms with van der Waals surface area (Å²) < 4.78 is 37.1. The van der Waals surface area contributed by atoms with Gasteiger partial charge in [0.25, 0.3) is 0 Å². The molecule has 1 aromatic carbocycles. The Kier molecular flexibility index (Phi) is 4.22. The Bertz CT molecular complexity index is 515. The van der Waals surface area contributed by atoms with Gasteiger partial charge in [-0.05, 0) is 46.8 Å². The molecule has 0 saturated carbocycles. The topological polar surface area (TPSA) is 36.9 Å². The molecule has 0 N–H and O–H groups in total. The lowest BCUT2D eigenvalue weighted by atomic mass is 9.77. The van der Waals surface area contributed by atoms with Gasteiger partial charge in [0.1, 0.15) is 5.75 Å². The van der Waals surface area contributed by atoms with Crippen molar-refractivity contribution in [2.24, 2.45) is 0 Å². The van der Waals surface area contributed by atoms with E-state index in [1.165, 1.54) is 7.11 Å². The summed E-state index contributed by atoms with van der Waals surface area (Å²) in [6, 6.07) is 3.21. The molecular formula is C15H22BFO4. The number of hydrogen-bond acceptors (Lipinski definition) is 4. The molecule has 0 amide bonds. The molecule has 0 aliphatic carbocycles. The quantitative estimate of drug-likeness (QED) is 0.800. The summed E-state index contributed by atoms with van der Waals surface area (Å²) in [4.78, 5) is 0. The van der Waals surface area contributed by atoms with Gasteiger partial charge in [0.2, 0.25) is 0 Å². The van der Waals surface area contributed by atoms with Crippen molar-refractivity contribution in [2.45, 2.75) is 45.8 Å². The highest BCUT2D eigenvalue weighted by Gasteiger charge is 2.53. The minimum Gasteiger partial charge on any atom is -0.497 e. The lowest BCUT2D eigenvalue weighted by Crippen LogP contribution is -2.41. The second-order valence-electron chi connectivity index (χ2n) is 6.01. The summed E-state index contributed by atoms with van der Waals surface area (Å²) in [5.74, 6) is 0.0483. The van der Waals surface area contributed by atoms with E-state index in [2.05, 4.69) is 0 Å². The summed E-state index contributed by atoms with van der Waals surface area (Å²) in [5, 5.41) is 0. The van der Waals surface area contributed by atoms with Gasteiger partial charge in [-0.1, -0.05) is 0 Å². The van der Waals surface area contributed by atoms with Gasteiger partial charge in [0.05, 0.1) is 30.4 Å². The van der Waals surface area contributed by atoms with Crippen LogP contribution in [0.1, 0.15) is 34.6 Å². The molecule has 0 aromatic heterocycles. The van der Waals surface area contributed by atoms with Gasteiger partial charge >= 0.3 is 7.12 Å². The molecule has 0 unspecified atom stereocenters. The Morgan fingerprint density at radius 3 is 2.10 bits per heavy atom. The van der Waals surface area contributed by atoms with Crippen LogP contribution >= 0.6 is 0 Å². The number of methoxy groups -OCH3 is 1. The zero-order chi connectivity index (χ0) is 15.8. The Labute approximate surface area is 125 Å². The van der Waals surface area contributed by atoms with E-state index in [0.29, 0.717) is 12.4 Å². The van der Waals surface area contributed by atoms with Gasteiger partial charge in [-0.3, -0.25) is 0 Å². The molecule has 0 spiro atoms. The summed E-state index contributed by atoms with van der Waals surface area (Å²) in [7, 11) is 0.662. The normalized spacial score (nSPS) is 19.7. The van der Waals surface area contributed by atoms with E-state index in [-0.39, 0.29) is 11.2 Å². The minimum atomic E-state index is -0.828. The zero-order valence-corrected chi connectivity index (χ0v) is 13.5. The van der Waals surface area contributed by atoms with Gasteiger partial charge in [0, 0.05) is 0 Å². The molecule has 0 bridgehead atoms. The Morgan fingerprint density at radius 2 is 1.62 bits per heavy atom. The van der Waals surface area contributed by atoms with Crippen LogP contribution in [0.15, 0.2) is 12.1 Å². The van der Waals surface area contributed by atoms with E-state index in [1.807, 2.05) is 27.7 Å². The predicted molar refractivity (Wildman–Crippen MR) is 79.8 cm³/mol. The van der Waals surface area contributed by atoms with Crippen molar-refractivity contribution in [1.82, 2.24) is 0 Å². The van der Waals surface area contributed by atoms with Crippen molar-refractivity contribution in [1.29, 1.82) is 0 Å². The van der Waals surface area contributed by atoms with E-state index in [1.54, 1.807) is 19.1 Å². The molecular weight excluding hydrogens is 274 g/mol. The fraction of sp³-hybridized carbons (Fsp3) is 0.600. The molecule has 1 aliphatic heterocycles. The van der Waals surface area contributed by atoms with Crippen LogP contribution in [0.3, 0.4) is 0 Å². The smallest absolute Gasteiger partial charge is 0.497 e. The van der Waals surface area contributed by atoms with Crippen molar-refractivity contribution in [2.75, 3.05) is 13.7 Å². The third-order valence-electron chi connectivity index (χ3n) is 4.11. The summed E-state index contributed by atoms with van der Waals surface area (Å²) in [6.45, 7) is 9.87. The van der Waals surface area contributed by atoms with E-state index < -0.39 is 24.1 Å². The first-order valence-corrected chi connectivity index (χ1v) is 7.08. The molecule has 0 atom stereocenters. The second kappa shape index (κ2) is 5.50. The Hall–Kier alpha value is -1.27. The fourth-order valence-electron chi connectivity index (χ4n) is 2.18. The average Bonchev–Trinajstić information content (AvgIpc) is 2.60. The van der Waals surface area contributed by atoms with Crippen LogP contribution in [-0.4, -0.2) is 32.0 Å². The monoisotopic (exact) mass is 296 g/mol. The lowest BCUT2D eigenvalue weighted by molar-refractivity contribution is 0.00578. The van der Waals surface area contributed by atoms with Crippen molar-refractivity contribution in [3.63, 3.8) is 0 Å². The van der Waals surface area contributed by atoms with Crippen LogP contribution in [0, 0.1) is 5.82 Å². The summed E-state index contributed by atoms with van der Waals surface area (Å²) in [5.41, 5.74) is -0.852. The van der Waals surface area contributed by atoms with E-state index in [9.17, 15) is 4.39 Å². The highest BCUT2D eigenvalue weighted by Crippen LogP contribution is 2.38. The molecule has 1 heterocycles. The maximum Gasteiger partial charge on any atom is 0.501 e. The fourth-order valence-corrected chi connectivity index (χ4v) is 2.18. The van der Waals surface area contributed by atoms with Crippen molar-refractivity contribution >= 4 is 12.6 Å². The summed E-state index contributed by atoms with van der Waals surface area (Å²) >= 11 is 0. The average molecular weight is 296 g/mol. The number of ether oxygens (including phenoxy) is 2. The lowest BCUT2D eigenvalue weighted by Gasteiger charge is -2.32. The maximum atomic E-state index is 14.7. The van der Waals surface area contributed by atoms with Crippen molar-refractivity contribution in [3.8, 4) is 11.5 Å². The third-order valence-corrected chi connectivity index (χ3v) is 4.11. The first kappa shape index (κ1) is 16.1. The highest BCUT2D eigenvalue weighted by molar-refractivity contribution is 6.63. The number of halogens is 1. The summed E-state index contributed by atoms with van der Waals surface area (Å²) in [6.07, 6.45) is 0. The number of hydrogen-bond donors (Lipinski definition) is 0. The SMILES string of the molecule is CCOc1ccc(OC)c(B2OC(C)(C)C(C)(C)O2)c1F. The standard InChI is InChI=1S/C15H22BFO4/c1-7-19-11-9-8-10(18-6)12(13(11)17)16-20-14(2,3)15(4,5)21-16/h8-9H,7H2,1-6H3. The second-order valence-corrected chi connectivity index (χ2v) is 6.01.